The minimum absolute atomic E-state index is 0.00311. The van der Waals surface area contributed by atoms with Crippen molar-refractivity contribution in [1.82, 2.24) is 5.32 Å². The van der Waals surface area contributed by atoms with Gasteiger partial charge in [0.05, 0.1) is 18.7 Å². The molecule has 1 saturated heterocycles. The number of anilines is 1. The fourth-order valence-electron chi connectivity index (χ4n) is 3.83. The number of methoxy groups -OCH3 is 1. The zero-order valence-corrected chi connectivity index (χ0v) is 13.8. The smallest absolute Gasteiger partial charge is 0.224 e. The average Bonchev–Trinajstić information content (AvgIpc) is 3.01. The van der Waals surface area contributed by atoms with Crippen LogP contribution in [-0.2, 0) is 4.79 Å². The van der Waals surface area contributed by atoms with Crippen LogP contribution in [0.15, 0.2) is 24.3 Å². The summed E-state index contributed by atoms with van der Waals surface area (Å²) in [6, 6.07) is 8.29. The van der Waals surface area contributed by atoms with Crippen LogP contribution in [0.2, 0.25) is 0 Å². The number of hydrogen-bond acceptors (Lipinski definition) is 4. The molecule has 1 heterocycles. The van der Waals surface area contributed by atoms with E-state index in [1.807, 2.05) is 18.2 Å². The van der Waals surface area contributed by atoms with E-state index in [2.05, 4.69) is 16.3 Å². The lowest BCUT2D eigenvalue weighted by Gasteiger charge is -2.36. The number of piperidine rings is 1. The molecule has 3 N–H and O–H groups in total. The van der Waals surface area contributed by atoms with Gasteiger partial charge in [-0.15, -0.1) is 0 Å². The van der Waals surface area contributed by atoms with Crippen molar-refractivity contribution in [1.29, 1.82) is 0 Å². The van der Waals surface area contributed by atoms with Crippen molar-refractivity contribution in [2.24, 2.45) is 11.7 Å². The fraction of sp³-hybridized carbons (Fsp3) is 0.611. The lowest BCUT2D eigenvalue weighted by molar-refractivity contribution is -0.125. The number of hydrogen-bond donors (Lipinski definition) is 2. The topological polar surface area (TPSA) is 67.6 Å². The highest BCUT2D eigenvalue weighted by Gasteiger charge is 2.32. The van der Waals surface area contributed by atoms with Crippen molar-refractivity contribution < 1.29 is 9.53 Å². The summed E-state index contributed by atoms with van der Waals surface area (Å²) in [7, 11) is 1.70. The Kier molecular flexibility index (Phi) is 5.06. The number of ether oxygens (including phenoxy) is 1. The molecule has 2 aliphatic rings. The van der Waals surface area contributed by atoms with Crippen molar-refractivity contribution in [3.8, 4) is 5.75 Å². The second-order valence-electron chi connectivity index (χ2n) is 6.67. The highest BCUT2D eigenvalue weighted by atomic mass is 16.5. The number of nitrogens with one attached hydrogen (secondary N) is 1. The molecule has 23 heavy (non-hydrogen) atoms. The van der Waals surface area contributed by atoms with Crippen LogP contribution in [0.25, 0.3) is 0 Å². The zero-order valence-electron chi connectivity index (χ0n) is 13.8. The average molecular weight is 317 g/mol. The molecule has 3 atom stereocenters. The maximum absolute atomic E-state index is 12.5. The first-order chi connectivity index (χ1) is 11.2. The molecule has 5 heteroatoms. The number of rotatable bonds is 4. The van der Waals surface area contributed by atoms with Gasteiger partial charge in [0.1, 0.15) is 5.75 Å². The van der Waals surface area contributed by atoms with Gasteiger partial charge in [-0.05, 0) is 37.8 Å². The number of benzene rings is 1. The molecule has 126 valence electrons. The summed E-state index contributed by atoms with van der Waals surface area (Å²) < 4.78 is 5.46. The minimum atomic E-state index is -0.00311. The maximum Gasteiger partial charge on any atom is 0.224 e. The number of amides is 1. The van der Waals surface area contributed by atoms with Crippen LogP contribution in [0.4, 0.5) is 5.69 Å². The SMILES string of the molecule is COc1ccccc1N1CCCC(NC(=O)C2CCCC2N)C1. The van der Waals surface area contributed by atoms with Crippen molar-refractivity contribution >= 4 is 11.6 Å². The van der Waals surface area contributed by atoms with Gasteiger partial charge in [0.2, 0.25) is 5.91 Å². The van der Waals surface area contributed by atoms with E-state index < -0.39 is 0 Å². The minimum Gasteiger partial charge on any atom is -0.495 e. The van der Waals surface area contributed by atoms with Crippen LogP contribution in [0.3, 0.4) is 0 Å². The summed E-state index contributed by atoms with van der Waals surface area (Å²) in [5.74, 6) is 1.02. The Morgan fingerprint density at radius 1 is 1.26 bits per heavy atom. The van der Waals surface area contributed by atoms with Crippen LogP contribution in [0, 0.1) is 5.92 Å². The Labute approximate surface area is 138 Å². The van der Waals surface area contributed by atoms with Gasteiger partial charge in [-0.1, -0.05) is 18.6 Å². The zero-order chi connectivity index (χ0) is 16.2. The molecule has 1 aromatic rings. The number of para-hydroxylation sites is 2. The Morgan fingerprint density at radius 2 is 2.09 bits per heavy atom. The Hall–Kier alpha value is -1.75. The molecule has 0 spiro atoms. The first-order valence-electron chi connectivity index (χ1n) is 8.63. The molecular formula is C18H27N3O2. The van der Waals surface area contributed by atoms with Crippen molar-refractivity contribution in [3.05, 3.63) is 24.3 Å². The summed E-state index contributed by atoms with van der Waals surface area (Å²) in [4.78, 5) is 14.8. The first-order valence-corrected chi connectivity index (χ1v) is 8.63. The van der Waals surface area contributed by atoms with Gasteiger partial charge in [0.15, 0.2) is 0 Å². The van der Waals surface area contributed by atoms with Gasteiger partial charge in [0, 0.05) is 25.2 Å². The second kappa shape index (κ2) is 7.21. The summed E-state index contributed by atoms with van der Waals surface area (Å²) in [6.45, 7) is 1.82. The molecule has 3 rings (SSSR count). The number of carbonyl (C=O) groups is 1. The number of carbonyl (C=O) groups excluding carboxylic acids is 1. The predicted molar refractivity (Wildman–Crippen MR) is 91.7 cm³/mol. The van der Waals surface area contributed by atoms with Gasteiger partial charge >= 0.3 is 0 Å². The maximum atomic E-state index is 12.5. The molecule has 1 aromatic carbocycles. The van der Waals surface area contributed by atoms with E-state index in [1.165, 1.54) is 0 Å². The fourth-order valence-corrected chi connectivity index (χ4v) is 3.83. The third kappa shape index (κ3) is 3.61. The predicted octanol–water partition coefficient (Wildman–Crippen LogP) is 1.91. The molecule has 3 unspecified atom stereocenters. The Morgan fingerprint density at radius 3 is 2.83 bits per heavy atom. The van der Waals surface area contributed by atoms with E-state index >= 15 is 0 Å². The normalized spacial score (nSPS) is 27.7. The number of nitrogens with two attached hydrogens (primary N) is 1. The third-order valence-electron chi connectivity index (χ3n) is 5.10. The van der Waals surface area contributed by atoms with Crippen LogP contribution in [-0.4, -0.2) is 38.2 Å². The molecular weight excluding hydrogens is 290 g/mol. The van der Waals surface area contributed by atoms with E-state index in [0.717, 1.165) is 56.6 Å². The van der Waals surface area contributed by atoms with Gasteiger partial charge in [-0.2, -0.15) is 0 Å². The summed E-state index contributed by atoms with van der Waals surface area (Å²) in [6.07, 6.45) is 5.06. The van der Waals surface area contributed by atoms with E-state index in [4.69, 9.17) is 10.5 Å². The third-order valence-corrected chi connectivity index (χ3v) is 5.10. The Bertz CT molecular complexity index is 549. The monoisotopic (exact) mass is 317 g/mol. The van der Waals surface area contributed by atoms with Crippen molar-refractivity contribution in [2.75, 3.05) is 25.1 Å². The molecule has 1 aliphatic heterocycles. The molecule has 1 aliphatic carbocycles. The molecule has 0 bridgehead atoms. The van der Waals surface area contributed by atoms with E-state index in [-0.39, 0.29) is 23.9 Å². The van der Waals surface area contributed by atoms with E-state index in [0.29, 0.717) is 0 Å². The second-order valence-corrected chi connectivity index (χ2v) is 6.67. The standard InChI is InChI=1S/C18H27N3O2/c1-23-17-10-3-2-9-16(17)21-11-5-6-13(12-21)20-18(22)14-7-4-8-15(14)19/h2-3,9-10,13-15H,4-8,11-12,19H2,1H3,(H,20,22). The van der Waals surface area contributed by atoms with Crippen LogP contribution in [0.1, 0.15) is 32.1 Å². The van der Waals surface area contributed by atoms with Gasteiger partial charge in [0.25, 0.3) is 0 Å². The molecule has 1 saturated carbocycles. The summed E-state index contributed by atoms with van der Waals surface area (Å²) in [5, 5.41) is 3.23. The van der Waals surface area contributed by atoms with Crippen LogP contribution < -0.4 is 20.7 Å². The van der Waals surface area contributed by atoms with E-state index in [9.17, 15) is 4.79 Å². The van der Waals surface area contributed by atoms with Gasteiger partial charge in [-0.25, -0.2) is 0 Å². The lowest BCUT2D eigenvalue weighted by Crippen LogP contribution is -2.50. The first kappa shape index (κ1) is 16.1. The number of nitrogens with zero attached hydrogens (tertiary/aromatic N) is 1. The molecule has 0 aromatic heterocycles. The molecule has 2 fully saturated rings. The molecule has 0 radical (unpaired) electrons. The summed E-state index contributed by atoms with van der Waals surface area (Å²) >= 11 is 0. The summed E-state index contributed by atoms with van der Waals surface area (Å²) in [5.41, 5.74) is 7.16. The Balaban J connectivity index is 1.63. The van der Waals surface area contributed by atoms with Crippen LogP contribution >= 0.6 is 0 Å². The highest BCUT2D eigenvalue weighted by Crippen LogP contribution is 2.30. The van der Waals surface area contributed by atoms with E-state index in [1.54, 1.807) is 7.11 Å². The van der Waals surface area contributed by atoms with Crippen LogP contribution in [0.5, 0.6) is 5.75 Å². The lowest BCUT2D eigenvalue weighted by atomic mass is 10.0. The van der Waals surface area contributed by atoms with Gasteiger partial charge < -0.3 is 20.7 Å². The highest BCUT2D eigenvalue weighted by molar-refractivity contribution is 5.80. The largest absolute Gasteiger partial charge is 0.495 e. The van der Waals surface area contributed by atoms with Crippen molar-refractivity contribution in [3.63, 3.8) is 0 Å². The van der Waals surface area contributed by atoms with Gasteiger partial charge in [-0.3, -0.25) is 4.79 Å². The molecule has 5 nitrogen and oxygen atoms in total. The molecule has 1 amide bonds. The quantitative estimate of drug-likeness (QED) is 0.890. The van der Waals surface area contributed by atoms with Crippen molar-refractivity contribution in [2.45, 2.75) is 44.2 Å².